The topological polar surface area (TPSA) is 69.2 Å². The Hall–Kier alpha value is -0.950. The van der Waals surface area contributed by atoms with Crippen molar-refractivity contribution in [2.24, 2.45) is 5.73 Å². The molecular formula is C9H9ClN2O2S2. The molecule has 4 nitrogen and oxygen atoms in total. The van der Waals surface area contributed by atoms with Gasteiger partial charge in [0.1, 0.15) is 0 Å². The minimum Gasteiger partial charge on any atom is -0.319 e. The minimum atomic E-state index is -0.394. The van der Waals surface area contributed by atoms with Crippen LogP contribution < -0.4 is 5.73 Å². The third kappa shape index (κ3) is 2.59. The zero-order valence-electron chi connectivity index (χ0n) is 8.03. The summed E-state index contributed by atoms with van der Waals surface area (Å²) in [4.78, 5) is 12.0. The minimum absolute atomic E-state index is 0. The van der Waals surface area contributed by atoms with Crippen LogP contribution in [-0.4, -0.2) is 4.92 Å². The first-order chi connectivity index (χ1) is 7.18. The van der Waals surface area contributed by atoms with Crippen LogP contribution in [0.4, 0.5) is 5.00 Å². The van der Waals surface area contributed by atoms with Gasteiger partial charge in [0.2, 0.25) is 0 Å². The van der Waals surface area contributed by atoms with E-state index in [1.54, 1.807) is 17.4 Å². The summed E-state index contributed by atoms with van der Waals surface area (Å²) in [6.07, 6.45) is 0. The van der Waals surface area contributed by atoms with Gasteiger partial charge in [-0.2, -0.15) is 0 Å². The standard InChI is InChI=1S/C9H8N2O2S2.ClH/c10-9(6-2-1-5-14-6)7-3-4-8(15-7)11(12)13;/h1-5,9H,10H2;1H/t9-;/m0./s1. The maximum absolute atomic E-state index is 10.5. The SMILES string of the molecule is Cl.N[C@@H](c1cccs1)c1ccc([N+](=O)[O-])s1. The Morgan fingerprint density at radius 3 is 2.56 bits per heavy atom. The largest absolute Gasteiger partial charge is 0.324 e. The molecule has 0 spiro atoms. The van der Waals surface area contributed by atoms with Gasteiger partial charge in [-0.15, -0.1) is 23.7 Å². The van der Waals surface area contributed by atoms with Crippen LogP contribution in [0.2, 0.25) is 0 Å². The van der Waals surface area contributed by atoms with Crippen molar-refractivity contribution >= 4 is 40.1 Å². The molecule has 2 N–H and O–H groups in total. The fourth-order valence-corrected chi connectivity index (χ4v) is 2.88. The third-order valence-corrected chi connectivity index (χ3v) is 4.02. The van der Waals surface area contributed by atoms with E-state index in [1.165, 1.54) is 6.07 Å². The summed E-state index contributed by atoms with van der Waals surface area (Å²) in [7, 11) is 0. The number of nitrogens with zero attached hydrogens (tertiary/aromatic N) is 1. The lowest BCUT2D eigenvalue weighted by molar-refractivity contribution is -0.380. The quantitative estimate of drug-likeness (QED) is 0.691. The van der Waals surface area contributed by atoms with Crippen molar-refractivity contribution in [2.75, 3.05) is 0 Å². The van der Waals surface area contributed by atoms with Gasteiger partial charge < -0.3 is 5.73 Å². The maximum Gasteiger partial charge on any atom is 0.324 e. The number of thiophene rings is 2. The first-order valence-corrected chi connectivity index (χ1v) is 5.91. The molecule has 0 amide bonds. The van der Waals surface area contributed by atoms with Crippen molar-refractivity contribution in [1.29, 1.82) is 0 Å². The lowest BCUT2D eigenvalue weighted by Gasteiger charge is -2.04. The van der Waals surface area contributed by atoms with E-state index in [0.29, 0.717) is 0 Å². The summed E-state index contributed by atoms with van der Waals surface area (Å²) in [6, 6.07) is 6.81. The second kappa shape index (κ2) is 5.40. The molecule has 0 radical (unpaired) electrons. The zero-order valence-corrected chi connectivity index (χ0v) is 10.5. The summed E-state index contributed by atoms with van der Waals surface area (Å²) in [6.45, 7) is 0. The second-order valence-corrected chi connectivity index (χ2v) is 5.00. The van der Waals surface area contributed by atoms with Gasteiger partial charge in [0.05, 0.1) is 11.0 Å². The highest BCUT2D eigenvalue weighted by Crippen LogP contribution is 2.32. The fourth-order valence-electron chi connectivity index (χ4n) is 1.22. The second-order valence-electron chi connectivity index (χ2n) is 2.93. The van der Waals surface area contributed by atoms with E-state index in [0.717, 1.165) is 21.1 Å². The molecule has 2 rings (SSSR count). The molecule has 0 bridgehead atoms. The molecule has 2 aromatic heterocycles. The van der Waals surface area contributed by atoms with E-state index < -0.39 is 4.92 Å². The van der Waals surface area contributed by atoms with Crippen LogP contribution in [0.15, 0.2) is 29.6 Å². The average Bonchev–Trinajstić information content (AvgIpc) is 2.88. The van der Waals surface area contributed by atoms with Crippen LogP contribution in [0, 0.1) is 10.1 Å². The van der Waals surface area contributed by atoms with Gasteiger partial charge in [-0.05, 0) is 17.5 Å². The lowest BCUT2D eigenvalue weighted by atomic mass is 10.2. The fraction of sp³-hybridized carbons (Fsp3) is 0.111. The highest BCUT2D eigenvalue weighted by Gasteiger charge is 2.16. The summed E-state index contributed by atoms with van der Waals surface area (Å²) in [5.41, 5.74) is 5.97. The van der Waals surface area contributed by atoms with Crippen LogP contribution >= 0.6 is 35.1 Å². The van der Waals surface area contributed by atoms with Crippen LogP contribution in [0.25, 0.3) is 0 Å². The van der Waals surface area contributed by atoms with Crippen LogP contribution in [0.3, 0.4) is 0 Å². The molecule has 1 atom stereocenters. The molecule has 7 heteroatoms. The van der Waals surface area contributed by atoms with E-state index in [-0.39, 0.29) is 23.4 Å². The molecule has 0 aliphatic heterocycles. The van der Waals surface area contributed by atoms with Crippen molar-refractivity contribution in [1.82, 2.24) is 0 Å². The number of nitrogens with two attached hydrogens (primary N) is 1. The Balaban J connectivity index is 0.00000128. The summed E-state index contributed by atoms with van der Waals surface area (Å²) < 4.78 is 0. The summed E-state index contributed by atoms with van der Waals surface area (Å²) >= 11 is 2.69. The average molecular weight is 277 g/mol. The molecule has 0 unspecified atom stereocenters. The Morgan fingerprint density at radius 2 is 2.06 bits per heavy atom. The summed E-state index contributed by atoms with van der Waals surface area (Å²) in [5, 5.41) is 12.6. The predicted molar refractivity (Wildman–Crippen MR) is 68.6 cm³/mol. The first-order valence-electron chi connectivity index (χ1n) is 4.21. The van der Waals surface area contributed by atoms with Crippen molar-refractivity contribution in [3.63, 3.8) is 0 Å². The zero-order chi connectivity index (χ0) is 10.8. The van der Waals surface area contributed by atoms with E-state index in [9.17, 15) is 10.1 Å². The van der Waals surface area contributed by atoms with E-state index in [1.807, 2.05) is 17.5 Å². The molecule has 2 heterocycles. The number of nitro groups is 1. The molecule has 0 aliphatic carbocycles. The Bertz CT molecular complexity index is 470. The highest BCUT2D eigenvalue weighted by molar-refractivity contribution is 7.15. The van der Waals surface area contributed by atoms with E-state index in [4.69, 9.17) is 5.73 Å². The highest BCUT2D eigenvalue weighted by atomic mass is 35.5. The van der Waals surface area contributed by atoms with Crippen LogP contribution in [-0.2, 0) is 0 Å². The van der Waals surface area contributed by atoms with Crippen LogP contribution in [0.1, 0.15) is 15.8 Å². The first kappa shape index (κ1) is 13.1. The van der Waals surface area contributed by atoms with Gasteiger partial charge in [-0.25, -0.2) is 0 Å². The van der Waals surface area contributed by atoms with Gasteiger partial charge in [0, 0.05) is 15.8 Å². The number of rotatable bonds is 3. The van der Waals surface area contributed by atoms with E-state index >= 15 is 0 Å². The predicted octanol–water partition coefficient (Wildman–Crippen LogP) is 3.19. The molecule has 0 aliphatic rings. The molecule has 0 fully saturated rings. The number of halogens is 1. The smallest absolute Gasteiger partial charge is 0.319 e. The molecule has 16 heavy (non-hydrogen) atoms. The Kier molecular flexibility index (Phi) is 4.43. The van der Waals surface area contributed by atoms with E-state index in [2.05, 4.69) is 0 Å². The molecular weight excluding hydrogens is 268 g/mol. The molecule has 0 saturated carbocycles. The van der Waals surface area contributed by atoms with Crippen molar-refractivity contribution in [3.05, 3.63) is 49.5 Å². The van der Waals surface area contributed by atoms with Gasteiger partial charge in [-0.3, -0.25) is 10.1 Å². The molecule has 0 saturated heterocycles. The maximum atomic E-state index is 10.5. The van der Waals surface area contributed by atoms with Gasteiger partial charge in [-0.1, -0.05) is 17.4 Å². The normalized spacial score (nSPS) is 11.8. The van der Waals surface area contributed by atoms with Gasteiger partial charge >= 0.3 is 5.00 Å². The van der Waals surface area contributed by atoms with Gasteiger partial charge in [0.25, 0.3) is 0 Å². The molecule has 86 valence electrons. The van der Waals surface area contributed by atoms with Crippen molar-refractivity contribution in [2.45, 2.75) is 6.04 Å². The number of hydrogen-bond donors (Lipinski definition) is 1. The third-order valence-electron chi connectivity index (χ3n) is 1.95. The lowest BCUT2D eigenvalue weighted by Crippen LogP contribution is -2.07. The summed E-state index contributed by atoms with van der Waals surface area (Å²) in [5.74, 6) is 0. The van der Waals surface area contributed by atoms with Crippen molar-refractivity contribution in [3.8, 4) is 0 Å². The van der Waals surface area contributed by atoms with Crippen molar-refractivity contribution < 1.29 is 4.92 Å². The Labute approximate surface area is 106 Å². The Morgan fingerprint density at radius 1 is 1.31 bits per heavy atom. The van der Waals surface area contributed by atoms with Gasteiger partial charge in [0.15, 0.2) is 0 Å². The van der Waals surface area contributed by atoms with Crippen LogP contribution in [0.5, 0.6) is 0 Å². The molecule has 0 aromatic carbocycles. The monoisotopic (exact) mass is 276 g/mol. The number of hydrogen-bond acceptors (Lipinski definition) is 5. The molecule has 2 aromatic rings.